The maximum Gasteiger partial charge on any atom is 0.143 e. The fourth-order valence-electron chi connectivity index (χ4n) is 2.40. The Morgan fingerprint density at radius 1 is 0.960 bits per heavy atom. The number of anilines is 1. The minimum Gasteiger partial charge on any atom is -0.383 e. The van der Waals surface area contributed by atoms with Crippen LogP contribution in [-0.2, 0) is 0 Å². The van der Waals surface area contributed by atoms with E-state index in [1.807, 2.05) is 54.6 Å². The second-order valence-electron chi connectivity index (χ2n) is 5.08. The van der Waals surface area contributed by atoms with Gasteiger partial charge in [-0.3, -0.25) is 0 Å². The molecule has 4 nitrogen and oxygen atoms in total. The molecular formula is C19H11BrN4S. The fourth-order valence-corrected chi connectivity index (χ4v) is 3.71. The molecule has 0 aliphatic heterocycles. The zero-order chi connectivity index (χ0) is 17.8. The quantitative estimate of drug-likeness (QED) is 0.661. The monoisotopic (exact) mass is 406 g/mol. The molecule has 0 saturated carbocycles. The number of pyridine rings is 1. The first-order valence-corrected chi connectivity index (χ1v) is 8.87. The largest absolute Gasteiger partial charge is 0.383 e. The van der Waals surface area contributed by atoms with Crippen molar-refractivity contribution < 1.29 is 0 Å². The molecule has 0 amide bonds. The molecule has 0 unspecified atom stereocenters. The number of rotatable bonds is 3. The second-order valence-corrected chi connectivity index (χ2v) is 7.05. The van der Waals surface area contributed by atoms with Gasteiger partial charge >= 0.3 is 0 Å². The van der Waals surface area contributed by atoms with Gasteiger partial charge in [0.25, 0.3) is 0 Å². The Kier molecular flexibility index (Phi) is 5.04. The van der Waals surface area contributed by atoms with Crippen LogP contribution in [0.2, 0.25) is 0 Å². The second kappa shape index (κ2) is 7.40. The van der Waals surface area contributed by atoms with E-state index in [9.17, 15) is 10.5 Å². The van der Waals surface area contributed by atoms with Crippen LogP contribution in [0.15, 0.2) is 69.0 Å². The van der Waals surface area contributed by atoms with Gasteiger partial charge in [0.2, 0.25) is 0 Å². The highest BCUT2D eigenvalue weighted by Crippen LogP contribution is 2.38. The van der Waals surface area contributed by atoms with Crippen molar-refractivity contribution in [2.75, 3.05) is 5.73 Å². The summed E-state index contributed by atoms with van der Waals surface area (Å²) >= 11 is 4.78. The lowest BCUT2D eigenvalue weighted by Crippen LogP contribution is -2.03. The Morgan fingerprint density at radius 3 is 2.32 bits per heavy atom. The molecule has 2 aromatic carbocycles. The van der Waals surface area contributed by atoms with Gasteiger partial charge in [0.05, 0.1) is 5.56 Å². The maximum atomic E-state index is 9.75. The molecule has 0 bridgehead atoms. The molecule has 120 valence electrons. The van der Waals surface area contributed by atoms with Gasteiger partial charge in [-0.15, -0.1) is 0 Å². The van der Waals surface area contributed by atoms with E-state index in [-0.39, 0.29) is 11.4 Å². The van der Waals surface area contributed by atoms with Crippen molar-refractivity contribution in [1.29, 1.82) is 10.5 Å². The van der Waals surface area contributed by atoms with Crippen LogP contribution in [-0.4, -0.2) is 4.98 Å². The van der Waals surface area contributed by atoms with Crippen molar-refractivity contribution in [3.63, 3.8) is 0 Å². The number of nitrogens with zero attached hydrogens (tertiary/aromatic N) is 3. The number of benzene rings is 2. The maximum absolute atomic E-state index is 9.75. The van der Waals surface area contributed by atoms with Crippen LogP contribution in [0.5, 0.6) is 0 Å². The Hall–Kier alpha value is -2.80. The summed E-state index contributed by atoms with van der Waals surface area (Å²) in [5.74, 6) is 0.120. The Bertz CT molecular complexity index is 1020. The zero-order valence-corrected chi connectivity index (χ0v) is 15.3. The molecule has 0 fully saturated rings. The van der Waals surface area contributed by atoms with E-state index in [1.54, 1.807) is 0 Å². The Labute approximate surface area is 158 Å². The number of nitriles is 2. The molecule has 0 aliphatic rings. The summed E-state index contributed by atoms with van der Waals surface area (Å²) in [6, 6.07) is 21.3. The summed E-state index contributed by atoms with van der Waals surface area (Å²) in [5.41, 5.74) is 7.83. The molecule has 0 aliphatic carbocycles. The number of hydrogen-bond acceptors (Lipinski definition) is 5. The summed E-state index contributed by atoms with van der Waals surface area (Å²) in [5, 5.41) is 19.8. The summed E-state index contributed by atoms with van der Waals surface area (Å²) in [4.78, 5) is 5.24. The molecular weight excluding hydrogens is 396 g/mol. The van der Waals surface area contributed by atoms with E-state index in [1.165, 1.54) is 11.8 Å². The third kappa shape index (κ3) is 3.51. The first-order chi connectivity index (χ1) is 12.1. The lowest BCUT2D eigenvalue weighted by molar-refractivity contribution is 1.11. The van der Waals surface area contributed by atoms with E-state index < -0.39 is 0 Å². The van der Waals surface area contributed by atoms with Crippen LogP contribution in [0.1, 0.15) is 11.1 Å². The lowest BCUT2D eigenvalue weighted by Gasteiger charge is -2.13. The normalized spacial score (nSPS) is 10.0. The molecule has 3 rings (SSSR count). The van der Waals surface area contributed by atoms with Crippen molar-refractivity contribution in [2.24, 2.45) is 0 Å². The van der Waals surface area contributed by atoms with Gasteiger partial charge in [-0.2, -0.15) is 10.5 Å². The molecule has 1 aromatic heterocycles. The van der Waals surface area contributed by atoms with E-state index in [4.69, 9.17) is 5.73 Å². The first-order valence-electron chi connectivity index (χ1n) is 7.26. The average molecular weight is 407 g/mol. The Balaban J connectivity index is 2.26. The van der Waals surface area contributed by atoms with E-state index in [0.29, 0.717) is 16.2 Å². The van der Waals surface area contributed by atoms with Gasteiger partial charge in [0.15, 0.2) is 0 Å². The molecule has 0 atom stereocenters. The predicted molar refractivity (Wildman–Crippen MR) is 102 cm³/mol. The van der Waals surface area contributed by atoms with Crippen LogP contribution >= 0.6 is 27.7 Å². The minimum absolute atomic E-state index is 0.120. The summed E-state index contributed by atoms with van der Waals surface area (Å²) in [6.45, 7) is 0. The van der Waals surface area contributed by atoms with Gasteiger partial charge in [0.1, 0.15) is 28.5 Å². The van der Waals surface area contributed by atoms with Gasteiger partial charge in [-0.05, 0) is 29.8 Å². The topological polar surface area (TPSA) is 86.5 Å². The van der Waals surface area contributed by atoms with Gasteiger partial charge in [0, 0.05) is 14.9 Å². The minimum atomic E-state index is 0.120. The number of nitrogen functional groups attached to an aromatic ring is 1. The molecule has 25 heavy (non-hydrogen) atoms. The molecule has 1 heterocycles. The third-order valence-electron chi connectivity index (χ3n) is 3.49. The molecule has 0 spiro atoms. The molecule has 3 aromatic rings. The van der Waals surface area contributed by atoms with Crippen LogP contribution in [0.4, 0.5) is 5.82 Å². The standard InChI is InChI=1S/C19H11BrN4S/c20-13-6-4-5-12(9-13)17-15(10-21)18(23)24-19(16(17)11-22)25-14-7-2-1-3-8-14/h1-9H,(H2,23,24). The van der Waals surface area contributed by atoms with Crippen molar-refractivity contribution in [1.82, 2.24) is 4.98 Å². The van der Waals surface area contributed by atoms with Crippen LogP contribution in [0.25, 0.3) is 11.1 Å². The number of halogens is 1. The smallest absolute Gasteiger partial charge is 0.143 e. The van der Waals surface area contributed by atoms with Gasteiger partial charge in [-0.25, -0.2) is 4.98 Å². The van der Waals surface area contributed by atoms with Crippen molar-refractivity contribution >= 4 is 33.5 Å². The Morgan fingerprint density at radius 2 is 1.68 bits per heavy atom. The first kappa shape index (κ1) is 17.0. The summed E-state index contributed by atoms with van der Waals surface area (Å²) in [7, 11) is 0. The van der Waals surface area contributed by atoms with E-state index >= 15 is 0 Å². The van der Waals surface area contributed by atoms with Crippen molar-refractivity contribution in [3.8, 4) is 23.3 Å². The fraction of sp³-hybridized carbons (Fsp3) is 0. The zero-order valence-electron chi connectivity index (χ0n) is 12.9. The van der Waals surface area contributed by atoms with Crippen LogP contribution in [0.3, 0.4) is 0 Å². The number of hydrogen-bond donors (Lipinski definition) is 1. The summed E-state index contributed by atoms with van der Waals surface area (Å²) in [6.07, 6.45) is 0. The molecule has 0 saturated heterocycles. The summed E-state index contributed by atoms with van der Waals surface area (Å²) < 4.78 is 0.852. The van der Waals surface area contributed by atoms with Gasteiger partial charge in [-0.1, -0.05) is 58.0 Å². The van der Waals surface area contributed by atoms with E-state index in [0.717, 1.165) is 14.9 Å². The van der Waals surface area contributed by atoms with Crippen LogP contribution in [0, 0.1) is 22.7 Å². The predicted octanol–water partition coefficient (Wildman–Crippen LogP) is 4.99. The highest BCUT2D eigenvalue weighted by molar-refractivity contribution is 9.10. The molecule has 6 heteroatoms. The molecule has 2 N–H and O–H groups in total. The lowest BCUT2D eigenvalue weighted by atomic mass is 9.97. The third-order valence-corrected chi connectivity index (χ3v) is 4.98. The highest BCUT2D eigenvalue weighted by atomic mass is 79.9. The van der Waals surface area contributed by atoms with E-state index in [2.05, 4.69) is 33.1 Å². The number of aromatic nitrogens is 1. The highest BCUT2D eigenvalue weighted by Gasteiger charge is 2.20. The van der Waals surface area contributed by atoms with Crippen molar-refractivity contribution in [2.45, 2.75) is 9.92 Å². The van der Waals surface area contributed by atoms with Crippen LogP contribution < -0.4 is 5.73 Å². The SMILES string of the molecule is N#Cc1c(N)nc(Sc2ccccc2)c(C#N)c1-c1cccc(Br)c1. The van der Waals surface area contributed by atoms with Gasteiger partial charge < -0.3 is 5.73 Å². The average Bonchev–Trinajstić information content (AvgIpc) is 2.62. The molecule has 0 radical (unpaired) electrons. The van der Waals surface area contributed by atoms with Crippen molar-refractivity contribution in [3.05, 3.63) is 70.2 Å². The number of nitrogens with two attached hydrogens (primary N) is 1.